The Kier molecular flexibility index (Phi) is 6.34. The summed E-state index contributed by atoms with van der Waals surface area (Å²) in [6.07, 6.45) is 4.27. The number of nitrogens with one attached hydrogen (secondary N) is 1. The van der Waals surface area contributed by atoms with Crippen molar-refractivity contribution >= 4 is 23.4 Å². The molecule has 0 aliphatic heterocycles. The lowest BCUT2D eigenvalue weighted by Gasteiger charge is -2.07. The topological polar surface area (TPSA) is 38.3 Å². The van der Waals surface area contributed by atoms with Gasteiger partial charge in [0.25, 0.3) is 0 Å². The third-order valence-corrected chi connectivity index (χ3v) is 4.11. The Morgan fingerprint density at radius 3 is 2.64 bits per heavy atom. The SMILES string of the molecule is COc1ccc(CCCC(=O)Nc2cccc(SC)c2)cc1. The van der Waals surface area contributed by atoms with Gasteiger partial charge in [-0.3, -0.25) is 4.79 Å². The van der Waals surface area contributed by atoms with E-state index in [0.717, 1.165) is 29.2 Å². The van der Waals surface area contributed by atoms with E-state index in [-0.39, 0.29) is 5.91 Å². The molecule has 4 heteroatoms. The largest absolute Gasteiger partial charge is 0.497 e. The maximum absolute atomic E-state index is 12.0. The van der Waals surface area contributed by atoms with Crippen molar-refractivity contribution in [2.24, 2.45) is 0 Å². The summed E-state index contributed by atoms with van der Waals surface area (Å²) in [7, 11) is 1.66. The molecule has 0 aliphatic rings. The zero-order valence-corrected chi connectivity index (χ0v) is 13.8. The van der Waals surface area contributed by atoms with Gasteiger partial charge in [0.05, 0.1) is 7.11 Å². The molecule has 3 nitrogen and oxygen atoms in total. The van der Waals surface area contributed by atoms with Crippen LogP contribution in [0.3, 0.4) is 0 Å². The highest BCUT2D eigenvalue weighted by atomic mass is 32.2. The second kappa shape index (κ2) is 8.49. The molecule has 0 bridgehead atoms. The second-order valence-electron chi connectivity index (χ2n) is 4.98. The van der Waals surface area contributed by atoms with Gasteiger partial charge in [-0.15, -0.1) is 11.8 Å². The Hall–Kier alpha value is -1.94. The molecule has 22 heavy (non-hydrogen) atoms. The highest BCUT2D eigenvalue weighted by molar-refractivity contribution is 7.98. The first kappa shape index (κ1) is 16.4. The number of carbonyl (C=O) groups excluding carboxylic acids is 1. The summed E-state index contributed by atoms with van der Waals surface area (Å²) < 4.78 is 5.13. The monoisotopic (exact) mass is 315 g/mol. The lowest BCUT2D eigenvalue weighted by molar-refractivity contribution is -0.116. The van der Waals surface area contributed by atoms with E-state index in [1.54, 1.807) is 18.9 Å². The summed E-state index contributed by atoms with van der Waals surface area (Å²) in [4.78, 5) is 13.1. The van der Waals surface area contributed by atoms with Gasteiger partial charge in [0, 0.05) is 17.0 Å². The zero-order valence-electron chi connectivity index (χ0n) is 13.0. The second-order valence-corrected chi connectivity index (χ2v) is 5.86. The molecule has 2 aromatic carbocycles. The first-order valence-electron chi connectivity index (χ1n) is 7.28. The predicted molar refractivity (Wildman–Crippen MR) is 92.8 cm³/mol. The van der Waals surface area contributed by atoms with Crippen molar-refractivity contribution < 1.29 is 9.53 Å². The molecule has 0 fully saturated rings. The van der Waals surface area contributed by atoms with Crippen LogP contribution in [-0.4, -0.2) is 19.3 Å². The van der Waals surface area contributed by atoms with Crippen molar-refractivity contribution in [3.63, 3.8) is 0 Å². The van der Waals surface area contributed by atoms with Gasteiger partial charge in [-0.2, -0.15) is 0 Å². The van der Waals surface area contributed by atoms with Crippen LogP contribution in [0.5, 0.6) is 5.75 Å². The maximum Gasteiger partial charge on any atom is 0.224 e. The minimum absolute atomic E-state index is 0.0618. The highest BCUT2D eigenvalue weighted by Crippen LogP contribution is 2.19. The number of hydrogen-bond acceptors (Lipinski definition) is 3. The lowest BCUT2D eigenvalue weighted by Crippen LogP contribution is -2.11. The molecule has 0 radical (unpaired) electrons. The minimum Gasteiger partial charge on any atom is -0.497 e. The standard InChI is InChI=1S/C18H21NO2S/c1-21-16-11-9-14(10-12-16)5-3-8-18(20)19-15-6-4-7-17(13-15)22-2/h4,6-7,9-13H,3,5,8H2,1-2H3,(H,19,20). The molecule has 0 saturated carbocycles. The molecule has 0 saturated heterocycles. The fraction of sp³-hybridized carbons (Fsp3) is 0.278. The number of methoxy groups -OCH3 is 1. The molecule has 0 aromatic heterocycles. The van der Waals surface area contributed by atoms with Crippen molar-refractivity contribution in [2.75, 3.05) is 18.7 Å². The zero-order chi connectivity index (χ0) is 15.8. The van der Waals surface area contributed by atoms with E-state index >= 15 is 0 Å². The summed E-state index contributed by atoms with van der Waals surface area (Å²) in [6, 6.07) is 15.9. The van der Waals surface area contributed by atoms with E-state index in [1.165, 1.54) is 5.56 Å². The third kappa shape index (κ3) is 5.11. The van der Waals surface area contributed by atoms with Gasteiger partial charge >= 0.3 is 0 Å². The Morgan fingerprint density at radius 2 is 1.95 bits per heavy atom. The maximum atomic E-state index is 12.0. The number of amides is 1. The van der Waals surface area contributed by atoms with E-state index in [1.807, 2.05) is 54.8 Å². The minimum atomic E-state index is 0.0618. The molecule has 2 rings (SSSR count). The first-order valence-corrected chi connectivity index (χ1v) is 8.50. The van der Waals surface area contributed by atoms with E-state index in [0.29, 0.717) is 6.42 Å². The number of ether oxygens (including phenoxy) is 1. The molecule has 0 aliphatic carbocycles. The van der Waals surface area contributed by atoms with Gasteiger partial charge < -0.3 is 10.1 Å². The van der Waals surface area contributed by atoms with Gasteiger partial charge in [0.2, 0.25) is 5.91 Å². The molecule has 116 valence electrons. The Labute approximate surface area is 136 Å². The number of anilines is 1. The number of benzene rings is 2. The van der Waals surface area contributed by atoms with Crippen LogP contribution in [-0.2, 0) is 11.2 Å². The molecule has 0 heterocycles. The molecule has 1 N–H and O–H groups in total. The number of carbonyl (C=O) groups is 1. The fourth-order valence-corrected chi connectivity index (χ4v) is 2.63. The molecule has 2 aromatic rings. The average molecular weight is 315 g/mol. The molecule has 0 spiro atoms. The fourth-order valence-electron chi connectivity index (χ4n) is 2.17. The Morgan fingerprint density at radius 1 is 1.18 bits per heavy atom. The van der Waals surface area contributed by atoms with Crippen LogP contribution in [0.2, 0.25) is 0 Å². The van der Waals surface area contributed by atoms with E-state index < -0.39 is 0 Å². The number of hydrogen-bond donors (Lipinski definition) is 1. The van der Waals surface area contributed by atoms with Gasteiger partial charge in [-0.1, -0.05) is 18.2 Å². The molecular weight excluding hydrogens is 294 g/mol. The van der Waals surface area contributed by atoms with Gasteiger partial charge in [0.15, 0.2) is 0 Å². The smallest absolute Gasteiger partial charge is 0.224 e. The van der Waals surface area contributed by atoms with E-state index in [4.69, 9.17) is 4.74 Å². The van der Waals surface area contributed by atoms with E-state index in [9.17, 15) is 4.79 Å². The van der Waals surface area contributed by atoms with E-state index in [2.05, 4.69) is 5.32 Å². The first-order chi connectivity index (χ1) is 10.7. The van der Waals surface area contributed by atoms with Crippen LogP contribution >= 0.6 is 11.8 Å². The summed E-state index contributed by atoms with van der Waals surface area (Å²) in [5, 5.41) is 2.95. The number of thioether (sulfide) groups is 1. The Balaban J connectivity index is 1.77. The van der Waals surface area contributed by atoms with Crippen molar-refractivity contribution in [1.29, 1.82) is 0 Å². The number of rotatable bonds is 7. The lowest BCUT2D eigenvalue weighted by atomic mass is 10.1. The quantitative estimate of drug-likeness (QED) is 0.771. The van der Waals surface area contributed by atoms with Crippen molar-refractivity contribution in [3.8, 4) is 5.75 Å². The van der Waals surface area contributed by atoms with Crippen molar-refractivity contribution in [1.82, 2.24) is 0 Å². The summed E-state index contributed by atoms with van der Waals surface area (Å²) >= 11 is 1.67. The van der Waals surface area contributed by atoms with Crippen LogP contribution in [0.1, 0.15) is 18.4 Å². The highest BCUT2D eigenvalue weighted by Gasteiger charge is 2.03. The van der Waals surface area contributed by atoms with Crippen LogP contribution in [0, 0.1) is 0 Å². The van der Waals surface area contributed by atoms with Crippen LogP contribution < -0.4 is 10.1 Å². The summed E-state index contributed by atoms with van der Waals surface area (Å²) in [5.41, 5.74) is 2.08. The van der Waals surface area contributed by atoms with Gasteiger partial charge in [-0.05, 0) is 55.0 Å². The Bertz CT molecular complexity index is 611. The summed E-state index contributed by atoms with van der Waals surface area (Å²) in [5.74, 6) is 0.918. The predicted octanol–water partition coefficient (Wildman–Crippen LogP) is 4.38. The normalized spacial score (nSPS) is 10.3. The van der Waals surface area contributed by atoms with Gasteiger partial charge in [-0.25, -0.2) is 0 Å². The third-order valence-electron chi connectivity index (χ3n) is 3.38. The molecule has 0 atom stereocenters. The van der Waals surface area contributed by atoms with Crippen LogP contribution in [0.15, 0.2) is 53.4 Å². The number of aryl methyl sites for hydroxylation is 1. The molecule has 1 amide bonds. The van der Waals surface area contributed by atoms with Crippen LogP contribution in [0.4, 0.5) is 5.69 Å². The summed E-state index contributed by atoms with van der Waals surface area (Å²) in [6.45, 7) is 0. The molecular formula is C18H21NO2S. The van der Waals surface area contributed by atoms with Crippen molar-refractivity contribution in [2.45, 2.75) is 24.2 Å². The molecule has 0 unspecified atom stereocenters. The van der Waals surface area contributed by atoms with Crippen LogP contribution in [0.25, 0.3) is 0 Å². The van der Waals surface area contributed by atoms with Gasteiger partial charge in [0.1, 0.15) is 5.75 Å². The average Bonchev–Trinajstić information content (AvgIpc) is 2.55. The van der Waals surface area contributed by atoms with Crippen molar-refractivity contribution in [3.05, 3.63) is 54.1 Å².